The fourth-order valence-corrected chi connectivity index (χ4v) is 7.27. The Labute approximate surface area is 183 Å². The molecule has 2 aromatic carbocycles. The molecule has 1 heterocycles. The molecular formula is C24H28FNO4S. The van der Waals surface area contributed by atoms with Gasteiger partial charge in [0.25, 0.3) is 0 Å². The Morgan fingerprint density at radius 1 is 1.13 bits per heavy atom. The third-order valence-corrected chi connectivity index (χ3v) is 8.25. The summed E-state index contributed by atoms with van der Waals surface area (Å²) in [6.45, 7) is 6.82. The lowest BCUT2D eigenvalue weighted by molar-refractivity contribution is 0.0468. The van der Waals surface area contributed by atoms with Gasteiger partial charge in [0.15, 0.2) is 0 Å². The molecule has 5 nitrogen and oxygen atoms in total. The number of halogens is 1. The molecule has 1 saturated heterocycles. The first-order chi connectivity index (χ1) is 14.5. The van der Waals surface area contributed by atoms with Crippen molar-refractivity contribution in [1.29, 1.82) is 0 Å². The molecule has 166 valence electrons. The summed E-state index contributed by atoms with van der Waals surface area (Å²) in [5.41, 5.74) is 0.460. The van der Waals surface area contributed by atoms with Gasteiger partial charge in [-0.3, -0.25) is 0 Å². The molecule has 0 spiro atoms. The van der Waals surface area contributed by atoms with Crippen LogP contribution in [-0.2, 0) is 21.4 Å². The predicted octanol–water partition coefficient (Wildman–Crippen LogP) is 4.77. The van der Waals surface area contributed by atoms with Crippen LogP contribution in [0.25, 0.3) is 0 Å². The molecule has 1 aliphatic carbocycles. The highest BCUT2D eigenvalue weighted by Gasteiger charge is 2.53. The van der Waals surface area contributed by atoms with Crippen LogP contribution in [0.2, 0.25) is 0 Å². The summed E-state index contributed by atoms with van der Waals surface area (Å²) >= 11 is 0. The van der Waals surface area contributed by atoms with Crippen molar-refractivity contribution in [3.05, 3.63) is 65.5 Å². The van der Waals surface area contributed by atoms with Crippen molar-refractivity contribution in [2.45, 2.75) is 57.6 Å². The third-order valence-electron chi connectivity index (χ3n) is 6.36. The Morgan fingerprint density at radius 3 is 2.61 bits per heavy atom. The number of rotatable bonds is 5. The van der Waals surface area contributed by atoms with Gasteiger partial charge in [0, 0.05) is 18.2 Å². The third kappa shape index (κ3) is 4.39. The molecule has 0 radical (unpaired) electrons. The lowest BCUT2D eigenvalue weighted by Crippen LogP contribution is -2.37. The number of benzene rings is 2. The van der Waals surface area contributed by atoms with Crippen LogP contribution in [0, 0.1) is 16.6 Å². The Hall–Kier alpha value is -2.25. The predicted molar refractivity (Wildman–Crippen MR) is 115 cm³/mol. The number of nitrogens with zero attached hydrogens (tertiary/aromatic N) is 1. The first-order valence-electron chi connectivity index (χ1n) is 10.5. The maximum atomic E-state index is 13.8. The number of carbonyl (C=O) groups excluding carboxylic acids is 1. The molecule has 1 aliphatic heterocycles. The van der Waals surface area contributed by atoms with Gasteiger partial charge < -0.3 is 4.74 Å². The highest BCUT2D eigenvalue weighted by molar-refractivity contribution is 7.89. The van der Waals surface area contributed by atoms with Gasteiger partial charge in [-0.1, -0.05) is 45.0 Å². The zero-order valence-electron chi connectivity index (χ0n) is 18.1. The van der Waals surface area contributed by atoms with Crippen LogP contribution in [0.5, 0.6) is 0 Å². The average Bonchev–Trinajstić information content (AvgIpc) is 2.96. The van der Waals surface area contributed by atoms with Crippen LogP contribution in [0.4, 0.5) is 4.39 Å². The van der Waals surface area contributed by atoms with Gasteiger partial charge >= 0.3 is 5.97 Å². The smallest absolute Gasteiger partial charge is 0.338 e. The summed E-state index contributed by atoms with van der Waals surface area (Å²) in [5, 5.41) is 0. The van der Waals surface area contributed by atoms with Crippen molar-refractivity contribution in [3.8, 4) is 0 Å². The van der Waals surface area contributed by atoms with E-state index >= 15 is 0 Å². The van der Waals surface area contributed by atoms with Gasteiger partial charge in [-0.15, -0.1) is 0 Å². The first kappa shape index (κ1) is 22.0. The first-order valence-corrected chi connectivity index (χ1v) is 12.0. The Morgan fingerprint density at radius 2 is 1.87 bits per heavy atom. The average molecular weight is 446 g/mol. The van der Waals surface area contributed by atoms with Crippen LogP contribution in [0.1, 0.15) is 56.0 Å². The maximum absolute atomic E-state index is 13.8. The summed E-state index contributed by atoms with van der Waals surface area (Å²) in [6.07, 6.45) is 2.68. The zero-order valence-corrected chi connectivity index (χ0v) is 18.9. The van der Waals surface area contributed by atoms with E-state index < -0.39 is 21.8 Å². The molecule has 2 bridgehead atoms. The summed E-state index contributed by atoms with van der Waals surface area (Å²) in [7, 11) is -3.75. The fraction of sp³-hybridized carbons (Fsp3) is 0.458. The molecule has 2 unspecified atom stereocenters. The molecule has 0 amide bonds. The van der Waals surface area contributed by atoms with E-state index in [0.717, 1.165) is 19.3 Å². The van der Waals surface area contributed by atoms with Crippen LogP contribution in [0.15, 0.2) is 53.4 Å². The van der Waals surface area contributed by atoms with E-state index in [-0.39, 0.29) is 39.5 Å². The molecule has 2 aromatic rings. The molecule has 2 atom stereocenters. The SMILES string of the molecule is CC1(C)CC2CC(C)(CN2S(=O)(=O)c2cccc(C(=O)OCc3ccccc3F)c2)C1. The van der Waals surface area contributed by atoms with E-state index in [9.17, 15) is 17.6 Å². The number of sulfonamides is 1. The van der Waals surface area contributed by atoms with E-state index in [1.807, 2.05) is 0 Å². The number of carbonyl (C=O) groups is 1. The van der Waals surface area contributed by atoms with Gasteiger partial charge in [-0.2, -0.15) is 4.31 Å². The van der Waals surface area contributed by atoms with Crippen molar-refractivity contribution >= 4 is 16.0 Å². The highest BCUT2D eigenvalue weighted by atomic mass is 32.2. The second-order valence-electron chi connectivity index (χ2n) is 9.96. The van der Waals surface area contributed by atoms with Crippen LogP contribution < -0.4 is 0 Å². The van der Waals surface area contributed by atoms with Crippen LogP contribution in [0.3, 0.4) is 0 Å². The molecular weight excluding hydrogens is 417 g/mol. The largest absolute Gasteiger partial charge is 0.457 e. The van der Waals surface area contributed by atoms with Crippen LogP contribution in [-0.4, -0.2) is 31.3 Å². The molecule has 0 N–H and O–H groups in total. The van der Waals surface area contributed by atoms with Crippen molar-refractivity contribution in [2.75, 3.05) is 6.54 Å². The summed E-state index contributed by atoms with van der Waals surface area (Å²) < 4.78 is 47.5. The maximum Gasteiger partial charge on any atom is 0.338 e. The molecule has 31 heavy (non-hydrogen) atoms. The van der Waals surface area contributed by atoms with Crippen molar-refractivity contribution < 1.29 is 22.3 Å². The molecule has 4 rings (SSSR count). The number of esters is 1. The number of hydrogen-bond donors (Lipinski definition) is 0. The van der Waals surface area contributed by atoms with Gasteiger partial charge in [-0.25, -0.2) is 17.6 Å². The summed E-state index contributed by atoms with van der Waals surface area (Å²) in [6, 6.07) is 11.9. The normalized spacial score (nSPS) is 25.4. The lowest BCUT2D eigenvalue weighted by Gasteiger charge is -2.39. The van der Waals surface area contributed by atoms with Gasteiger partial charge in [-0.05, 0) is 54.4 Å². The molecule has 2 fully saturated rings. The van der Waals surface area contributed by atoms with E-state index in [1.165, 1.54) is 30.3 Å². The number of hydrogen-bond acceptors (Lipinski definition) is 4. The molecule has 0 aromatic heterocycles. The molecule has 1 saturated carbocycles. The minimum absolute atomic E-state index is 0.0320. The monoisotopic (exact) mass is 445 g/mol. The van der Waals surface area contributed by atoms with Gasteiger partial charge in [0.2, 0.25) is 10.0 Å². The van der Waals surface area contributed by atoms with Crippen LogP contribution >= 0.6 is 0 Å². The topological polar surface area (TPSA) is 63.7 Å². The van der Waals surface area contributed by atoms with E-state index in [1.54, 1.807) is 22.5 Å². The summed E-state index contributed by atoms with van der Waals surface area (Å²) in [5.74, 6) is -1.14. The summed E-state index contributed by atoms with van der Waals surface area (Å²) in [4.78, 5) is 12.6. The number of fused-ring (bicyclic) bond motifs is 2. The second kappa shape index (κ2) is 7.71. The minimum atomic E-state index is -3.75. The number of ether oxygens (including phenoxy) is 1. The standard InChI is InChI=1S/C24H28FNO4S/c1-23(2)12-19-13-24(3,15-23)16-26(19)31(28,29)20-9-6-8-17(11-20)22(27)30-14-18-7-4-5-10-21(18)25/h4-11,19H,12-16H2,1-3H3. The van der Waals surface area contributed by atoms with E-state index in [4.69, 9.17) is 4.74 Å². The quantitative estimate of drug-likeness (QED) is 0.622. The highest BCUT2D eigenvalue weighted by Crippen LogP contribution is 2.53. The second-order valence-corrected chi connectivity index (χ2v) is 11.8. The lowest BCUT2D eigenvalue weighted by atomic mass is 9.65. The zero-order chi connectivity index (χ0) is 22.4. The molecule has 2 aliphatic rings. The molecule has 7 heteroatoms. The van der Waals surface area contributed by atoms with Gasteiger partial charge in [0.1, 0.15) is 12.4 Å². The van der Waals surface area contributed by atoms with E-state index in [2.05, 4.69) is 20.8 Å². The fourth-order valence-electron chi connectivity index (χ4n) is 5.45. The van der Waals surface area contributed by atoms with Crippen molar-refractivity contribution in [1.82, 2.24) is 4.31 Å². The van der Waals surface area contributed by atoms with Gasteiger partial charge in [0.05, 0.1) is 10.5 Å². The Balaban J connectivity index is 1.54. The van der Waals surface area contributed by atoms with Crippen molar-refractivity contribution in [2.24, 2.45) is 10.8 Å². The Kier molecular flexibility index (Phi) is 5.46. The minimum Gasteiger partial charge on any atom is -0.457 e. The van der Waals surface area contributed by atoms with E-state index in [0.29, 0.717) is 6.54 Å². The van der Waals surface area contributed by atoms with Crippen molar-refractivity contribution in [3.63, 3.8) is 0 Å². The Bertz CT molecular complexity index is 1110.